The molecule has 1 aliphatic rings. The summed E-state index contributed by atoms with van der Waals surface area (Å²) >= 11 is 0. The van der Waals surface area contributed by atoms with Crippen molar-refractivity contribution in [2.45, 2.75) is 103 Å². The molecule has 0 saturated carbocycles. The zero-order valence-corrected chi connectivity index (χ0v) is 24.6. The van der Waals surface area contributed by atoms with E-state index in [4.69, 9.17) is 0 Å². The third-order valence-electron chi connectivity index (χ3n) is 8.40. The molecular formula is C27H57N3O6. The highest BCUT2D eigenvalue weighted by molar-refractivity contribution is 5.00. The molecule has 3 atom stereocenters. The summed E-state index contributed by atoms with van der Waals surface area (Å²) in [7, 11) is 0. The van der Waals surface area contributed by atoms with Crippen molar-refractivity contribution in [2.24, 2.45) is 11.8 Å². The molecule has 0 aliphatic carbocycles. The topological polar surface area (TPSA) is 131 Å². The lowest BCUT2D eigenvalue weighted by molar-refractivity contribution is -0.172. The van der Waals surface area contributed by atoms with Crippen molar-refractivity contribution in [1.29, 1.82) is 0 Å². The van der Waals surface area contributed by atoms with Gasteiger partial charge in [0.15, 0.2) is 0 Å². The van der Waals surface area contributed by atoms with E-state index in [0.29, 0.717) is 39.3 Å². The molecule has 0 spiro atoms. The molecule has 3 unspecified atom stereocenters. The Hall–Kier alpha value is -0.360. The fourth-order valence-electron chi connectivity index (χ4n) is 5.00. The maximum Gasteiger partial charge on any atom is 0.108 e. The second-order valence-electron chi connectivity index (χ2n) is 13.3. The molecule has 36 heavy (non-hydrogen) atoms. The monoisotopic (exact) mass is 519 g/mol. The molecular weight excluding hydrogens is 462 g/mol. The first-order valence-corrected chi connectivity index (χ1v) is 13.5. The fraction of sp³-hybridized carbons (Fsp3) is 1.00. The van der Waals surface area contributed by atoms with E-state index >= 15 is 0 Å². The van der Waals surface area contributed by atoms with Gasteiger partial charge in [-0.3, -0.25) is 14.7 Å². The van der Waals surface area contributed by atoms with Gasteiger partial charge in [0.1, 0.15) is 11.2 Å². The smallest absolute Gasteiger partial charge is 0.108 e. The largest absolute Gasteiger partial charge is 0.389 e. The summed E-state index contributed by atoms with van der Waals surface area (Å²) in [4.78, 5) is 6.33. The Morgan fingerprint density at radius 1 is 0.556 bits per heavy atom. The minimum atomic E-state index is -1.34. The van der Waals surface area contributed by atoms with Crippen LogP contribution in [0.5, 0.6) is 0 Å². The van der Waals surface area contributed by atoms with Crippen molar-refractivity contribution >= 4 is 0 Å². The van der Waals surface area contributed by atoms with Gasteiger partial charge in [-0.2, -0.15) is 0 Å². The third kappa shape index (κ3) is 8.58. The van der Waals surface area contributed by atoms with Gasteiger partial charge in [-0.25, -0.2) is 0 Å². The number of nitrogens with zero attached hydrogens (tertiary/aromatic N) is 3. The Balaban J connectivity index is 3.26. The molecule has 0 bridgehead atoms. The summed E-state index contributed by atoms with van der Waals surface area (Å²) in [6, 6.07) is 0. The molecule has 0 radical (unpaired) electrons. The predicted octanol–water partition coefficient (Wildman–Crippen LogP) is 0.354. The lowest BCUT2D eigenvalue weighted by Gasteiger charge is -2.46. The summed E-state index contributed by atoms with van der Waals surface area (Å²) in [5.41, 5.74) is -6.54. The highest BCUT2D eigenvalue weighted by atomic mass is 16.4. The van der Waals surface area contributed by atoms with E-state index in [1.807, 2.05) is 27.7 Å². The third-order valence-corrected chi connectivity index (χ3v) is 8.40. The summed E-state index contributed by atoms with van der Waals surface area (Å²) < 4.78 is 0. The zero-order chi connectivity index (χ0) is 28.3. The number of β-amino-alcohol motifs (C(OH)–C–C–N with tert-alkyl or cyclic N) is 3. The first-order valence-electron chi connectivity index (χ1n) is 13.5. The second-order valence-corrected chi connectivity index (χ2v) is 13.3. The maximum absolute atomic E-state index is 11.5. The van der Waals surface area contributed by atoms with Crippen LogP contribution in [-0.2, 0) is 0 Å². The van der Waals surface area contributed by atoms with E-state index in [0.717, 1.165) is 0 Å². The van der Waals surface area contributed by atoms with Crippen LogP contribution in [-0.4, -0.2) is 138 Å². The molecule has 1 saturated heterocycles. The van der Waals surface area contributed by atoms with Crippen molar-refractivity contribution < 1.29 is 30.6 Å². The number of hydrogen-bond donors (Lipinski definition) is 6. The first-order chi connectivity index (χ1) is 16.0. The number of hydrogen-bond acceptors (Lipinski definition) is 9. The van der Waals surface area contributed by atoms with Crippen LogP contribution in [0, 0.1) is 11.8 Å². The summed E-state index contributed by atoms with van der Waals surface area (Å²) in [6.45, 7) is 21.8. The van der Waals surface area contributed by atoms with Crippen LogP contribution in [0.1, 0.15) is 69.2 Å². The summed E-state index contributed by atoms with van der Waals surface area (Å²) in [5, 5.41) is 65.5. The van der Waals surface area contributed by atoms with Crippen LogP contribution in [0.4, 0.5) is 0 Å². The van der Waals surface area contributed by atoms with Crippen molar-refractivity contribution in [3.63, 3.8) is 0 Å². The van der Waals surface area contributed by atoms with E-state index in [2.05, 4.69) is 14.7 Å². The Labute approximate surface area is 219 Å². The normalized spacial score (nSPS) is 23.2. The summed E-state index contributed by atoms with van der Waals surface area (Å²) in [5.74, 6) is -0.369. The van der Waals surface area contributed by atoms with E-state index < -0.39 is 34.1 Å². The number of aliphatic hydroxyl groups excluding tert-OH is 1. The zero-order valence-electron chi connectivity index (χ0n) is 24.6. The molecule has 1 heterocycles. The highest BCUT2D eigenvalue weighted by Gasteiger charge is 2.47. The molecule has 6 N–H and O–H groups in total. The van der Waals surface area contributed by atoms with Crippen LogP contribution in [0.25, 0.3) is 0 Å². The van der Waals surface area contributed by atoms with Crippen molar-refractivity contribution in [1.82, 2.24) is 14.7 Å². The number of rotatable bonds is 11. The van der Waals surface area contributed by atoms with Gasteiger partial charge in [0, 0.05) is 58.9 Å². The first kappa shape index (κ1) is 33.7. The van der Waals surface area contributed by atoms with Gasteiger partial charge in [0.2, 0.25) is 0 Å². The lowest BCUT2D eigenvalue weighted by atomic mass is 9.76. The Bertz CT molecular complexity index is 624. The van der Waals surface area contributed by atoms with E-state index in [9.17, 15) is 30.6 Å². The molecule has 0 aromatic rings. The Morgan fingerprint density at radius 2 is 0.833 bits per heavy atom. The molecule has 0 amide bonds. The standard InChI is InChI=1S/C27H57N3O6/c1-20(2)26(35,24(7,8)33)18-29-13-11-28(17-22(31)23(5,6)32)12-14-30(16-15-29)19-27(36,21(3)4)25(9,10)34/h20-22,31-36H,11-19H2,1-10H3. The number of aliphatic hydroxyl groups is 6. The van der Waals surface area contributed by atoms with E-state index in [1.54, 1.807) is 41.5 Å². The molecule has 1 aliphatic heterocycles. The van der Waals surface area contributed by atoms with Crippen molar-refractivity contribution in [2.75, 3.05) is 58.9 Å². The molecule has 0 aromatic heterocycles. The van der Waals surface area contributed by atoms with Gasteiger partial charge in [-0.15, -0.1) is 0 Å². The van der Waals surface area contributed by atoms with Crippen LogP contribution >= 0.6 is 0 Å². The van der Waals surface area contributed by atoms with Crippen LogP contribution in [0.2, 0.25) is 0 Å². The van der Waals surface area contributed by atoms with Crippen LogP contribution in [0.3, 0.4) is 0 Å². The van der Waals surface area contributed by atoms with Crippen molar-refractivity contribution in [3.05, 3.63) is 0 Å². The second kappa shape index (κ2) is 12.2. The van der Waals surface area contributed by atoms with E-state index in [-0.39, 0.29) is 31.5 Å². The van der Waals surface area contributed by atoms with E-state index in [1.165, 1.54) is 0 Å². The average molecular weight is 520 g/mol. The summed E-state index contributed by atoms with van der Waals surface area (Å²) in [6.07, 6.45) is -0.937. The molecule has 216 valence electrons. The predicted molar refractivity (Wildman–Crippen MR) is 144 cm³/mol. The van der Waals surface area contributed by atoms with Gasteiger partial charge >= 0.3 is 0 Å². The minimum absolute atomic E-state index is 0.185. The maximum atomic E-state index is 11.5. The Kier molecular flexibility index (Phi) is 11.4. The minimum Gasteiger partial charge on any atom is -0.389 e. The quantitative estimate of drug-likeness (QED) is 0.229. The Morgan fingerprint density at radius 3 is 1.06 bits per heavy atom. The molecule has 0 aromatic carbocycles. The average Bonchev–Trinajstić information content (AvgIpc) is 2.77. The van der Waals surface area contributed by atoms with Crippen LogP contribution < -0.4 is 0 Å². The molecule has 1 rings (SSSR count). The lowest BCUT2D eigenvalue weighted by Crippen LogP contribution is -2.62. The van der Waals surface area contributed by atoms with Gasteiger partial charge in [-0.05, 0) is 53.4 Å². The highest BCUT2D eigenvalue weighted by Crippen LogP contribution is 2.32. The SMILES string of the molecule is CC(C)C(O)(CN1CCN(CC(O)C(C)(C)O)CCN(CC(O)(C(C)C)C(C)(C)O)CC1)C(C)(C)O. The van der Waals surface area contributed by atoms with Crippen molar-refractivity contribution in [3.8, 4) is 0 Å². The van der Waals surface area contributed by atoms with Crippen LogP contribution in [0.15, 0.2) is 0 Å². The molecule has 9 nitrogen and oxygen atoms in total. The van der Waals surface area contributed by atoms with Gasteiger partial charge in [0.25, 0.3) is 0 Å². The molecule has 9 heteroatoms. The fourth-order valence-corrected chi connectivity index (χ4v) is 5.00. The van der Waals surface area contributed by atoms with Gasteiger partial charge in [-0.1, -0.05) is 27.7 Å². The van der Waals surface area contributed by atoms with Gasteiger partial charge in [0.05, 0.1) is 22.9 Å². The van der Waals surface area contributed by atoms with Gasteiger partial charge < -0.3 is 30.6 Å². The molecule has 1 fully saturated rings.